The highest BCUT2D eigenvalue weighted by atomic mass is 19.1. The number of aliphatic hydroxyl groups is 2. The standard InChI is InChI=1S/C10H13FO2/c11-10-4-2-1-3-9(10)8(7-13)5-6-12/h1-4,8,12-13H,5-7H2. The Morgan fingerprint density at radius 3 is 2.46 bits per heavy atom. The highest BCUT2D eigenvalue weighted by Gasteiger charge is 2.13. The average Bonchev–Trinajstić information content (AvgIpc) is 2.16. The van der Waals surface area contributed by atoms with Gasteiger partial charge in [-0.3, -0.25) is 0 Å². The first-order chi connectivity index (χ1) is 6.29. The fourth-order valence-corrected chi connectivity index (χ4v) is 1.31. The Hall–Kier alpha value is -0.930. The van der Waals surface area contributed by atoms with Crippen LogP contribution in [0.4, 0.5) is 4.39 Å². The molecule has 0 radical (unpaired) electrons. The zero-order valence-electron chi connectivity index (χ0n) is 7.28. The molecule has 1 aromatic carbocycles. The Morgan fingerprint density at radius 2 is 1.92 bits per heavy atom. The van der Waals surface area contributed by atoms with E-state index in [4.69, 9.17) is 10.2 Å². The molecule has 2 N–H and O–H groups in total. The van der Waals surface area contributed by atoms with E-state index in [0.29, 0.717) is 12.0 Å². The van der Waals surface area contributed by atoms with E-state index in [-0.39, 0.29) is 24.9 Å². The van der Waals surface area contributed by atoms with Gasteiger partial charge in [-0.25, -0.2) is 4.39 Å². The Kier molecular flexibility index (Phi) is 3.86. The summed E-state index contributed by atoms with van der Waals surface area (Å²) in [7, 11) is 0. The minimum absolute atomic E-state index is 0.0421. The summed E-state index contributed by atoms with van der Waals surface area (Å²) in [5.74, 6) is -0.624. The van der Waals surface area contributed by atoms with Gasteiger partial charge in [0.15, 0.2) is 0 Å². The number of rotatable bonds is 4. The molecule has 0 amide bonds. The van der Waals surface area contributed by atoms with Gasteiger partial charge in [0.2, 0.25) is 0 Å². The van der Waals surface area contributed by atoms with Crippen molar-refractivity contribution in [2.75, 3.05) is 13.2 Å². The normalized spacial score (nSPS) is 12.8. The van der Waals surface area contributed by atoms with Crippen LogP contribution < -0.4 is 0 Å². The van der Waals surface area contributed by atoms with Gasteiger partial charge in [0.1, 0.15) is 5.82 Å². The second-order valence-corrected chi connectivity index (χ2v) is 2.91. The maximum absolute atomic E-state index is 13.2. The van der Waals surface area contributed by atoms with Gasteiger partial charge in [-0.15, -0.1) is 0 Å². The molecule has 13 heavy (non-hydrogen) atoms. The summed E-state index contributed by atoms with van der Waals surface area (Å²) in [5, 5.41) is 17.6. The quantitative estimate of drug-likeness (QED) is 0.740. The third kappa shape index (κ3) is 2.50. The molecular weight excluding hydrogens is 171 g/mol. The monoisotopic (exact) mass is 184 g/mol. The number of halogens is 1. The number of benzene rings is 1. The zero-order chi connectivity index (χ0) is 9.68. The van der Waals surface area contributed by atoms with Crippen molar-refractivity contribution in [3.8, 4) is 0 Å². The van der Waals surface area contributed by atoms with Crippen LogP contribution >= 0.6 is 0 Å². The lowest BCUT2D eigenvalue weighted by atomic mass is 9.96. The van der Waals surface area contributed by atoms with Crippen molar-refractivity contribution in [3.05, 3.63) is 35.6 Å². The molecule has 0 aliphatic carbocycles. The van der Waals surface area contributed by atoms with E-state index in [0.717, 1.165) is 0 Å². The molecule has 2 nitrogen and oxygen atoms in total. The molecule has 1 atom stereocenters. The van der Waals surface area contributed by atoms with Crippen molar-refractivity contribution in [1.82, 2.24) is 0 Å². The van der Waals surface area contributed by atoms with Crippen molar-refractivity contribution >= 4 is 0 Å². The molecule has 0 saturated heterocycles. The fraction of sp³-hybridized carbons (Fsp3) is 0.400. The summed E-state index contributed by atoms with van der Waals surface area (Å²) in [4.78, 5) is 0. The fourth-order valence-electron chi connectivity index (χ4n) is 1.31. The third-order valence-electron chi connectivity index (χ3n) is 2.04. The van der Waals surface area contributed by atoms with Gasteiger partial charge >= 0.3 is 0 Å². The van der Waals surface area contributed by atoms with E-state index >= 15 is 0 Å². The molecule has 1 rings (SSSR count). The van der Waals surface area contributed by atoms with Gasteiger partial charge in [0, 0.05) is 12.5 Å². The van der Waals surface area contributed by atoms with E-state index in [2.05, 4.69) is 0 Å². The Bertz CT molecular complexity index is 263. The molecule has 3 heteroatoms. The SMILES string of the molecule is OCCC(CO)c1ccccc1F. The minimum atomic E-state index is -0.324. The molecule has 0 heterocycles. The van der Waals surface area contributed by atoms with Crippen molar-refractivity contribution in [3.63, 3.8) is 0 Å². The lowest BCUT2D eigenvalue weighted by molar-refractivity contribution is 0.217. The van der Waals surface area contributed by atoms with Crippen LogP contribution in [0.3, 0.4) is 0 Å². The summed E-state index contributed by atoms with van der Waals surface area (Å²) in [5.41, 5.74) is 0.471. The van der Waals surface area contributed by atoms with Crippen LogP contribution in [0.25, 0.3) is 0 Å². The topological polar surface area (TPSA) is 40.5 Å². The molecule has 1 unspecified atom stereocenters. The molecule has 1 aromatic rings. The first-order valence-corrected chi connectivity index (χ1v) is 4.25. The molecule has 0 aliphatic rings. The first kappa shape index (κ1) is 10.2. The molecule has 0 fully saturated rings. The highest BCUT2D eigenvalue weighted by molar-refractivity contribution is 5.21. The van der Waals surface area contributed by atoms with E-state index in [1.807, 2.05) is 0 Å². The Balaban J connectivity index is 2.84. The average molecular weight is 184 g/mol. The van der Waals surface area contributed by atoms with Crippen molar-refractivity contribution < 1.29 is 14.6 Å². The Morgan fingerprint density at radius 1 is 1.23 bits per heavy atom. The molecule has 0 bridgehead atoms. The third-order valence-corrected chi connectivity index (χ3v) is 2.04. The number of hydrogen-bond acceptors (Lipinski definition) is 2. The van der Waals surface area contributed by atoms with Crippen LogP contribution in [-0.4, -0.2) is 23.4 Å². The van der Waals surface area contributed by atoms with Crippen molar-refractivity contribution in [1.29, 1.82) is 0 Å². The zero-order valence-corrected chi connectivity index (χ0v) is 7.28. The van der Waals surface area contributed by atoms with Gasteiger partial charge < -0.3 is 10.2 Å². The lowest BCUT2D eigenvalue weighted by Crippen LogP contribution is -2.08. The second kappa shape index (κ2) is 4.94. The molecule has 72 valence electrons. The summed E-state index contributed by atoms with van der Waals surface area (Å²) in [6.07, 6.45) is 0.386. The summed E-state index contributed by atoms with van der Waals surface area (Å²) in [6, 6.07) is 6.31. The molecule has 0 saturated carbocycles. The van der Waals surface area contributed by atoms with Gasteiger partial charge in [0.25, 0.3) is 0 Å². The largest absolute Gasteiger partial charge is 0.396 e. The lowest BCUT2D eigenvalue weighted by Gasteiger charge is -2.13. The van der Waals surface area contributed by atoms with E-state index in [9.17, 15) is 4.39 Å². The number of aliphatic hydroxyl groups excluding tert-OH is 2. The predicted octanol–water partition coefficient (Wildman–Crippen LogP) is 1.28. The highest BCUT2D eigenvalue weighted by Crippen LogP contribution is 2.21. The van der Waals surface area contributed by atoms with Crippen LogP contribution in [0.5, 0.6) is 0 Å². The maximum Gasteiger partial charge on any atom is 0.126 e. The summed E-state index contributed by atoms with van der Waals surface area (Å²) in [6.45, 7) is -0.180. The van der Waals surface area contributed by atoms with Crippen LogP contribution in [-0.2, 0) is 0 Å². The van der Waals surface area contributed by atoms with Crippen LogP contribution in [0, 0.1) is 5.82 Å². The van der Waals surface area contributed by atoms with Crippen LogP contribution in [0.2, 0.25) is 0 Å². The summed E-state index contributed by atoms with van der Waals surface area (Å²) < 4.78 is 13.2. The Labute approximate surface area is 76.6 Å². The number of hydrogen-bond donors (Lipinski definition) is 2. The molecule has 0 spiro atoms. The van der Waals surface area contributed by atoms with Gasteiger partial charge in [-0.1, -0.05) is 18.2 Å². The minimum Gasteiger partial charge on any atom is -0.396 e. The molecular formula is C10H13FO2. The maximum atomic E-state index is 13.2. The van der Waals surface area contributed by atoms with Crippen LogP contribution in [0.1, 0.15) is 17.9 Å². The van der Waals surface area contributed by atoms with Gasteiger partial charge in [0.05, 0.1) is 6.61 Å². The molecule has 0 aromatic heterocycles. The smallest absolute Gasteiger partial charge is 0.126 e. The van der Waals surface area contributed by atoms with Crippen LogP contribution in [0.15, 0.2) is 24.3 Å². The summed E-state index contributed by atoms with van der Waals surface area (Å²) >= 11 is 0. The van der Waals surface area contributed by atoms with Crippen molar-refractivity contribution in [2.24, 2.45) is 0 Å². The van der Waals surface area contributed by atoms with Crippen molar-refractivity contribution in [2.45, 2.75) is 12.3 Å². The first-order valence-electron chi connectivity index (χ1n) is 4.25. The van der Waals surface area contributed by atoms with E-state index in [1.165, 1.54) is 6.07 Å². The predicted molar refractivity (Wildman–Crippen MR) is 47.9 cm³/mol. The van der Waals surface area contributed by atoms with Gasteiger partial charge in [-0.2, -0.15) is 0 Å². The molecule has 0 aliphatic heterocycles. The van der Waals surface area contributed by atoms with E-state index < -0.39 is 0 Å². The van der Waals surface area contributed by atoms with E-state index in [1.54, 1.807) is 18.2 Å². The second-order valence-electron chi connectivity index (χ2n) is 2.91. The van der Waals surface area contributed by atoms with Gasteiger partial charge in [-0.05, 0) is 18.1 Å².